The van der Waals surface area contributed by atoms with Gasteiger partial charge in [-0.2, -0.15) is 0 Å². The van der Waals surface area contributed by atoms with Gasteiger partial charge in [0.15, 0.2) is 5.96 Å². The summed E-state index contributed by atoms with van der Waals surface area (Å²) in [6.45, 7) is 2.99. The fourth-order valence-corrected chi connectivity index (χ4v) is 3.33. The van der Waals surface area contributed by atoms with E-state index in [1.54, 1.807) is 0 Å². The first kappa shape index (κ1) is 11.5. The highest BCUT2D eigenvalue weighted by Gasteiger charge is 2.43. The molecule has 2 heterocycles. The molecule has 2 N–H and O–H groups in total. The fraction of sp³-hybridized carbons (Fsp3) is 0.571. The van der Waals surface area contributed by atoms with Gasteiger partial charge in [-0.25, -0.2) is 0 Å². The Balaban J connectivity index is 1.96. The summed E-state index contributed by atoms with van der Waals surface area (Å²) < 4.78 is 0. The molecule has 0 aromatic carbocycles. The molecular weight excluding hydrogens is 224 g/mol. The minimum absolute atomic E-state index is 0.0952. The maximum absolute atomic E-state index is 6.13. The van der Waals surface area contributed by atoms with Crippen LogP contribution in [0, 0.1) is 0 Å². The Morgan fingerprint density at radius 1 is 1.28 bits per heavy atom. The van der Waals surface area contributed by atoms with E-state index in [1.165, 1.54) is 31.2 Å². The maximum atomic E-state index is 6.13. The first-order chi connectivity index (χ1) is 8.72. The van der Waals surface area contributed by atoms with E-state index >= 15 is 0 Å². The van der Waals surface area contributed by atoms with Gasteiger partial charge < -0.3 is 10.6 Å². The molecule has 1 unspecified atom stereocenters. The predicted molar refractivity (Wildman–Crippen MR) is 72.2 cm³/mol. The predicted octanol–water partition coefficient (Wildman–Crippen LogP) is 1.87. The third-order valence-electron chi connectivity index (χ3n) is 4.32. The number of hydrogen-bond acceptors (Lipinski definition) is 4. The Kier molecular flexibility index (Phi) is 2.73. The van der Waals surface area contributed by atoms with Crippen LogP contribution >= 0.6 is 0 Å². The molecule has 2 aliphatic rings. The van der Waals surface area contributed by atoms with Crippen molar-refractivity contribution in [2.75, 3.05) is 6.54 Å². The van der Waals surface area contributed by atoms with Crippen molar-refractivity contribution in [3.63, 3.8) is 0 Å². The molecule has 0 spiro atoms. The summed E-state index contributed by atoms with van der Waals surface area (Å²) in [5.74, 6) is 0.709. The van der Waals surface area contributed by atoms with Crippen LogP contribution in [0.25, 0.3) is 0 Å². The van der Waals surface area contributed by atoms with Crippen LogP contribution in [-0.4, -0.2) is 28.4 Å². The van der Waals surface area contributed by atoms with Crippen molar-refractivity contribution >= 4 is 5.96 Å². The molecule has 0 radical (unpaired) electrons. The molecule has 0 amide bonds. The summed E-state index contributed by atoms with van der Waals surface area (Å²) in [6, 6.07) is 4.71. The Morgan fingerprint density at radius 3 is 2.61 bits per heavy atom. The van der Waals surface area contributed by atoms with Crippen LogP contribution in [-0.2, 0) is 5.54 Å². The van der Waals surface area contributed by atoms with Crippen LogP contribution < -0.4 is 5.73 Å². The normalized spacial score (nSPS) is 28.7. The van der Waals surface area contributed by atoms with Crippen molar-refractivity contribution in [1.82, 2.24) is 9.88 Å². The minimum Gasteiger partial charge on any atom is -0.370 e. The lowest BCUT2D eigenvalue weighted by Gasteiger charge is -2.40. The van der Waals surface area contributed by atoms with Crippen molar-refractivity contribution in [1.29, 1.82) is 0 Å². The summed E-state index contributed by atoms with van der Waals surface area (Å²) >= 11 is 0. The lowest BCUT2D eigenvalue weighted by atomic mass is 9.90. The SMILES string of the molecule is CC1(c2ccncc2)CN=C(N)N1C1CCCC1. The number of nitrogens with two attached hydrogens (primary N) is 1. The molecule has 96 valence electrons. The number of rotatable bonds is 2. The van der Waals surface area contributed by atoms with E-state index in [2.05, 4.69) is 33.9 Å². The Bertz CT molecular complexity index is 450. The second kappa shape index (κ2) is 4.26. The highest BCUT2D eigenvalue weighted by atomic mass is 15.4. The van der Waals surface area contributed by atoms with Gasteiger partial charge in [-0.1, -0.05) is 12.8 Å². The van der Waals surface area contributed by atoms with E-state index in [1.807, 2.05) is 12.4 Å². The molecule has 18 heavy (non-hydrogen) atoms. The number of aliphatic imine (C=N–C) groups is 1. The highest BCUT2D eigenvalue weighted by Crippen LogP contribution is 2.38. The standard InChI is InChI=1S/C14H20N4/c1-14(11-6-8-16-9-7-11)10-17-13(15)18(14)12-4-2-3-5-12/h6-9,12H,2-5,10H2,1H3,(H2,15,17). The van der Waals surface area contributed by atoms with Gasteiger partial charge in [0.2, 0.25) is 0 Å². The second-order valence-electron chi connectivity index (χ2n) is 5.49. The third-order valence-corrected chi connectivity index (χ3v) is 4.32. The molecule has 1 aromatic heterocycles. The largest absolute Gasteiger partial charge is 0.370 e. The maximum Gasteiger partial charge on any atom is 0.192 e. The molecule has 1 atom stereocenters. The lowest BCUT2D eigenvalue weighted by Crippen LogP contribution is -2.52. The van der Waals surface area contributed by atoms with Crippen LogP contribution in [0.5, 0.6) is 0 Å². The zero-order valence-electron chi connectivity index (χ0n) is 10.8. The van der Waals surface area contributed by atoms with Crippen LogP contribution in [0.2, 0.25) is 0 Å². The first-order valence-electron chi connectivity index (χ1n) is 6.71. The van der Waals surface area contributed by atoms with Crippen LogP contribution in [0.1, 0.15) is 38.2 Å². The molecule has 4 nitrogen and oxygen atoms in total. The van der Waals surface area contributed by atoms with Crippen molar-refractivity contribution in [2.24, 2.45) is 10.7 Å². The molecule has 1 aliphatic carbocycles. The fourth-order valence-electron chi connectivity index (χ4n) is 3.33. The quantitative estimate of drug-likeness (QED) is 0.864. The van der Waals surface area contributed by atoms with Crippen LogP contribution in [0.3, 0.4) is 0 Å². The van der Waals surface area contributed by atoms with Gasteiger partial charge in [-0.05, 0) is 37.5 Å². The Morgan fingerprint density at radius 2 is 1.94 bits per heavy atom. The molecule has 1 aromatic rings. The van der Waals surface area contributed by atoms with Gasteiger partial charge in [0.05, 0.1) is 12.1 Å². The van der Waals surface area contributed by atoms with Gasteiger partial charge in [0.1, 0.15) is 0 Å². The summed E-state index contributed by atoms with van der Waals surface area (Å²) in [5, 5.41) is 0. The number of aromatic nitrogens is 1. The van der Waals surface area contributed by atoms with Crippen molar-refractivity contribution < 1.29 is 0 Å². The smallest absolute Gasteiger partial charge is 0.192 e. The highest BCUT2D eigenvalue weighted by molar-refractivity contribution is 5.81. The molecular formula is C14H20N4. The molecule has 0 bridgehead atoms. The summed E-state index contributed by atoms with van der Waals surface area (Å²) in [7, 11) is 0. The second-order valence-corrected chi connectivity index (χ2v) is 5.49. The van der Waals surface area contributed by atoms with Crippen LogP contribution in [0.15, 0.2) is 29.5 Å². The summed E-state index contributed by atoms with van der Waals surface area (Å²) in [4.78, 5) is 10.9. The van der Waals surface area contributed by atoms with E-state index in [9.17, 15) is 0 Å². The van der Waals surface area contributed by atoms with Crippen molar-refractivity contribution in [3.05, 3.63) is 30.1 Å². The summed E-state index contributed by atoms with van der Waals surface area (Å²) in [6.07, 6.45) is 8.78. The molecule has 1 aliphatic heterocycles. The third kappa shape index (κ3) is 1.67. The minimum atomic E-state index is -0.0952. The van der Waals surface area contributed by atoms with Gasteiger partial charge in [-0.3, -0.25) is 9.98 Å². The zero-order valence-corrected chi connectivity index (χ0v) is 10.8. The average molecular weight is 244 g/mol. The van der Waals surface area contributed by atoms with Gasteiger partial charge in [0, 0.05) is 18.4 Å². The van der Waals surface area contributed by atoms with E-state index in [0.717, 1.165) is 6.54 Å². The van der Waals surface area contributed by atoms with Crippen LogP contribution in [0.4, 0.5) is 0 Å². The zero-order chi connectivity index (χ0) is 12.6. The van der Waals surface area contributed by atoms with E-state index in [4.69, 9.17) is 5.73 Å². The first-order valence-corrected chi connectivity index (χ1v) is 6.71. The molecule has 1 saturated carbocycles. The molecule has 0 saturated heterocycles. The van der Waals surface area contributed by atoms with Crippen molar-refractivity contribution in [2.45, 2.75) is 44.2 Å². The number of hydrogen-bond donors (Lipinski definition) is 1. The van der Waals surface area contributed by atoms with Gasteiger partial charge in [-0.15, -0.1) is 0 Å². The monoisotopic (exact) mass is 244 g/mol. The summed E-state index contributed by atoms with van der Waals surface area (Å²) in [5.41, 5.74) is 7.29. The van der Waals surface area contributed by atoms with E-state index < -0.39 is 0 Å². The van der Waals surface area contributed by atoms with E-state index in [-0.39, 0.29) is 5.54 Å². The van der Waals surface area contributed by atoms with Crippen molar-refractivity contribution in [3.8, 4) is 0 Å². The van der Waals surface area contributed by atoms with Gasteiger partial charge in [0.25, 0.3) is 0 Å². The molecule has 3 rings (SSSR count). The number of guanidine groups is 1. The number of nitrogens with zero attached hydrogens (tertiary/aromatic N) is 3. The molecule has 4 heteroatoms. The lowest BCUT2D eigenvalue weighted by molar-refractivity contribution is 0.167. The topological polar surface area (TPSA) is 54.5 Å². The Hall–Kier alpha value is -1.58. The Labute approximate surface area is 108 Å². The van der Waals surface area contributed by atoms with E-state index in [0.29, 0.717) is 12.0 Å². The number of pyridine rings is 1. The average Bonchev–Trinajstić information content (AvgIpc) is 3.00. The molecule has 1 fully saturated rings. The van der Waals surface area contributed by atoms with Gasteiger partial charge >= 0.3 is 0 Å².